The van der Waals surface area contributed by atoms with Gasteiger partial charge in [-0.1, -0.05) is 25.6 Å². The summed E-state index contributed by atoms with van der Waals surface area (Å²) in [6.45, 7) is 5.99. The van der Waals surface area contributed by atoms with Crippen molar-refractivity contribution < 1.29 is 14.6 Å². The molecule has 0 saturated heterocycles. The van der Waals surface area contributed by atoms with E-state index in [1.54, 1.807) is 23.6 Å². The number of aliphatic hydroxyl groups is 1. The zero-order chi connectivity index (χ0) is 21.2. The van der Waals surface area contributed by atoms with Crippen molar-refractivity contribution in [1.82, 2.24) is 9.55 Å². The van der Waals surface area contributed by atoms with Crippen molar-refractivity contribution in [2.24, 2.45) is 5.73 Å². The molecule has 2 aliphatic rings. The fourth-order valence-corrected chi connectivity index (χ4v) is 4.54. The molecule has 1 atom stereocenters. The van der Waals surface area contributed by atoms with E-state index < -0.39 is 11.6 Å². The smallest absolute Gasteiger partial charge is 0.343 e. The van der Waals surface area contributed by atoms with E-state index in [1.807, 2.05) is 18.2 Å². The maximum atomic E-state index is 13.3. The van der Waals surface area contributed by atoms with Gasteiger partial charge in [-0.15, -0.1) is 0 Å². The Kier molecular flexibility index (Phi) is 3.96. The lowest BCUT2D eigenvalue weighted by molar-refractivity contribution is -0.172. The molecular weight excluding hydrogens is 382 g/mol. The van der Waals surface area contributed by atoms with Gasteiger partial charge in [-0.3, -0.25) is 4.79 Å². The second-order valence-corrected chi connectivity index (χ2v) is 7.71. The number of pyridine rings is 2. The van der Waals surface area contributed by atoms with Gasteiger partial charge in [0.1, 0.15) is 6.61 Å². The number of carbonyl (C=O) groups excluding carboxylic acids is 1. The van der Waals surface area contributed by atoms with Crippen LogP contribution in [0.2, 0.25) is 0 Å². The summed E-state index contributed by atoms with van der Waals surface area (Å²) in [6, 6.07) is 7.54. The van der Waals surface area contributed by atoms with Gasteiger partial charge in [-0.05, 0) is 35.7 Å². The van der Waals surface area contributed by atoms with Crippen molar-refractivity contribution >= 4 is 22.9 Å². The number of hydrogen-bond donors (Lipinski definition) is 2. The first-order chi connectivity index (χ1) is 14.4. The number of hydrogen-bond acceptors (Lipinski definition) is 6. The molecule has 4 heterocycles. The molecule has 0 unspecified atom stereocenters. The summed E-state index contributed by atoms with van der Waals surface area (Å²) in [5, 5.41) is 11.9. The molecule has 0 bridgehead atoms. The second kappa shape index (κ2) is 6.35. The minimum Gasteiger partial charge on any atom is -0.458 e. The number of aromatic nitrogens is 2. The molecular formula is C23H21N3O4. The standard InChI is InChI=1S/C23H21N3O4/c1-3-12-5-6-18-13(7-12)14(9-24)15-10-26-19(20(15)25-18)8-17-16(21(26)27)11-30-22(28)23(17,29)4-2/h3,5-8,29H,1,4,9-11,24H2,2H3/t23-/m0/s1. The highest BCUT2D eigenvalue weighted by Crippen LogP contribution is 2.40. The van der Waals surface area contributed by atoms with Crippen molar-refractivity contribution in [1.29, 1.82) is 0 Å². The van der Waals surface area contributed by atoms with E-state index in [9.17, 15) is 14.7 Å². The zero-order valence-corrected chi connectivity index (χ0v) is 16.6. The summed E-state index contributed by atoms with van der Waals surface area (Å²) < 4.78 is 6.74. The number of carbonyl (C=O) groups is 1. The molecule has 0 amide bonds. The molecule has 1 aromatic carbocycles. The van der Waals surface area contributed by atoms with Crippen LogP contribution in [0, 0.1) is 0 Å². The van der Waals surface area contributed by atoms with Crippen LogP contribution in [0.5, 0.6) is 0 Å². The lowest BCUT2D eigenvalue weighted by Crippen LogP contribution is -2.44. The molecule has 2 aromatic heterocycles. The third kappa shape index (κ3) is 2.30. The van der Waals surface area contributed by atoms with Crippen molar-refractivity contribution in [3.63, 3.8) is 0 Å². The van der Waals surface area contributed by atoms with E-state index in [4.69, 9.17) is 15.5 Å². The van der Waals surface area contributed by atoms with E-state index in [-0.39, 0.29) is 18.6 Å². The van der Waals surface area contributed by atoms with E-state index in [0.29, 0.717) is 35.6 Å². The first-order valence-electron chi connectivity index (χ1n) is 9.88. The summed E-state index contributed by atoms with van der Waals surface area (Å²) >= 11 is 0. The molecule has 0 spiro atoms. The van der Waals surface area contributed by atoms with Gasteiger partial charge in [0.25, 0.3) is 5.56 Å². The molecule has 30 heavy (non-hydrogen) atoms. The molecule has 7 heteroatoms. The lowest BCUT2D eigenvalue weighted by Gasteiger charge is -2.31. The minimum atomic E-state index is -1.84. The molecule has 0 fully saturated rings. The van der Waals surface area contributed by atoms with Crippen LogP contribution in [-0.4, -0.2) is 20.6 Å². The monoisotopic (exact) mass is 403 g/mol. The summed E-state index contributed by atoms with van der Waals surface area (Å²) in [5.41, 5.74) is 9.40. The molecule has 152 valence electrons. The number of nitrogens with zero attached hydrogens (tertiary/aromatic N) is 2. The summed E-state index contributed by atoms with van der Waals surface area (Å²) in [5.74, 6) is -0.730. The summed E-state index contributed by atoms with van der Waals surface area (Å²) in [6.07, 6.45) is 1.88. The van der Waals surface area contributed by atoms with Gasteiger partial charge in [0, 0.05) is 23.1 Å². The van der Waals surface area contributed by atoms with E-state index in [1.165, 1.54) is 0 Å². The fraction of sp³-hybridized carbons (Fsp3) is 0.261. The lowest BCUT2D eigenvalue weighted by atomic mass is 9.86. The SMILES string of the molecule is C=Cc1ccc2nc3c(c(CN)c2c1)Cn1c-3cc2c(c1=O)COC(=O)[C@]2(O)CC. The number of rotatable bonds is 3. The van der Waals surface area contributed by atoms with Crippen LogP contribution < -0.4 is 11.3 Å². The van der Waals surface area contributed by atoms with E-state index >= 15 is 0 Å². The number of ether oxygens (including phenoxy) is 1. The van der Waals surface area contributed by atoms with Crippen LogP contribution in [0.1, 0.15) is 41.2 Å². The van der Waals surface area contributed by atoms with Crippen LogP contribution in [0.3, 0.4) is 0 Å². The summed E-state index contributed by atoms with van der Waals surface area (Å²) in [4.78, 5) is 30.4. The Bertz CT molecular complexity index is 1320. The zero-order valence-electron chi connectivity index (χ0n) is 16.6. The number of benzene rings is 1. The Balaban J connectivity index is 1.83. The molecule has 5 rings (SSSR count). The summed E-state index contributed by atoms with van der Waals surface area (Å²) in [7, 11) is 0. The molecule has 0 aliphatic carbocycles. The first-order valence-corrected chi connectivity index (χ1v) is 9.88. The van der Waals surface area contributed by atoms with Gasteiger partial charge in [-0.25, -0.2) is 9.78 Å². The molecule has 0 radical (unpaired) electrons. The predicted octanol–water partition coefficient (Wildman–Crippen LogP) is 2.18. The molecule has 3 N–H and O–H groups in total. The highest BCUT2D eigenvalue weighted by atomic mass is 16.6. The highest BCUT2D eigenvalue weighted by Gasteiger charge is 2.45. The van der Waals surface area contributed by atoms with Crippen LogP contribution in [0.15, 0.2) is 35.6 Å². The maximum Gasteiger partial charge on any atom is 0.343 e. The van der Waals surface area contributed by atoms with E-state index in [2.05, 4.69) is 6.58 Å². The third-order valence-corrected chi connectivity index (χ3v) is 6.27. The Hall–Kier alpha value is -3.29. The van der Waals surface area contributed by atoms with Crippen LogP contribution >= 0.6 is 0 Å². The van der Waals surface area contributed by atoms with Gasteiger partial charge >= 0.3 is 5.97 Å². The average Bonchev–Trinajstić information content (AvgIpc) is 3.13. The molecule has 0 saturated carbocycles. The van der Waals surface area contributed by atoms with Crippen LogP contribution in [0.25, 0.3) is 28.4 Å². The largest absolute Gasteiger partial charge is 0.458 e. The predicted molar refractivity (Wildman–Crippen MR) is 113 cm³/mol. The average molecular weight is 403 g/mol. The first kappa shape index (κ1) is 18.7. The highest BCUT2D eigenvalue weighted by molar-refractivity contribution is 5.90. The maximum absolute atomic E-state index is 13.3. The molecule has 7 nitrogen and oxygen atoms in total. The Morgan fingerprint density at radius 1 is 1.33 bits per heavy atom. The van der Waals surface area contributed by atoms with Crippen molar-refractivity contribution in [3.8, 4) is 11.4 Å². The van der Waals surface area contributed by atoms with Crippen molar-refractivity contribution in [2.75, 3.05) is 0 Å². The van der Waals surface area contributed by atoms with Gasteiger partial charge < -0.3 is 20.1 Å². The molecule has 3 aromatic rings. The third-order valence-electron chi connectivity index (χ3n) is 6.27. The van der Waals surface area contributed by atoms with E-state index in [0.717, 1.165) is 27.6 Å². The number of cyclic esters (lactones) is 1. The van der Waals surface area contributed by atoms with Crippen LogP contribution in [-0.2, 0) is 34.8 Å². The van der Waals surface area contributed by atoms with Crippen molar-refractivity contribution in [3.05, 3.63) is 69.0 Å². The van der Waals surface area contributed by atoms with Crippen molar-refractivity contribution in [2.45, 2.75) is 38.6 Å². The number of esters is 1. The Labute approximate surface area is 172 Å². The van der Waals surface area contributed by atoms with Gasteiger partial charge in [0.15, 0.2) is 5.60 Å². The van der Waals surface area contributed by atoms with Crippen LogP contribution in [0.4, 0.5) is 0 Å². The minimum absolute atomic E-state index is 0.109. The van der Waals surface area contributed by atoms with Gasteiger partial charge in [-0.2, -0.15) is 0 Å². The normalized spacial score (nSPS) is 19.2. The Morgan fingerprint density at radius 2 is 2.13 bits per heavy atom. The van der Waals surface area contributed by atoms with Gasteiger partial charge in [0.05, 0.1) is 29.0 Å². The quantitative estimate of drug-likeness (QED) is 0.508. The number of fused-ring (bicyclic) bond motifs is 5. The van der Waals surface area contributed by atoms with Gasteiger partial charge in [0.2, 0.25) is 0 Å². The second-order valence-electron chi connectivity index (χ2n) is 7.71. The Morgan fingerprint density at radius 3 is 2.83 bits per heavy atom. The fourth-order valence-electron chi connectivity index (χ4n) is 4.54. The topological polar surface area (TPSA) is 107 Å². The number of nitrogens with two attached hydrogens (primary N) is 1. The molecule has 2 aliphatic heterocycles.